The topological polar surface area (TPSA) is 76.4 Å². The van der Waals surface area contributed by atoms with Gasteiger partial charge in [-0.3, -0.25) is 4.79 Å². The molecule has 1 fully saturated rings. The lowest BCUT2D eigenvalue weighted by Gasteiger charge is -2.32. The van der Waals surface area contributed by atoms with Gasteiger partial charge in [0.1, 0.15) is 11.8 Å². The highest BCUT2D eigenvalue weighted by Crippen LogP contribution is 2.34. The SMILES string of the molecule is Cc1cc(NC(=O)[C@@H](NC[C@H]2CCO[C@@H]2C(C)(C)C)c2ccccc2)no1. The number of anilines is 1. The molecule has 1 amide bonds. The second kappa shape index (κ2) is 8.23. The van der Waals surface area contributed by atoms with Crippen molar-refractivity contribution in [2.24, 2.45) is 11.3 Å². The predicted molar refractivity (Wildman–Crippen MR) is 104 cm³/mol. The lowest BCUT2D eigenvalue weighted by atomic mass is 9.81. The molecule has 0 aliphatic carbocycles. The maximum Gasteiger partial charge on any atom is 0.247 e. The molecule has 0 radical (unpaired) electrons. The summed E-state index contributed by atoms with van der Waals surface area (Å²) in [5.74, 6) is 1.31. The molecule has 0 saturated carbocycles. The minimum absolute atomic E-state index is 0.0750. The van der Waals surface area contributed by atoms with Crippen molar-refractivity contribution in [3.05, 3.63) is 47.7 Å². The molecule has 1 saturated heterocycles. The first-order valence-electron chi connectivity index (χ1n) is 9.48. The maximum absolute atomic E-state index is 12.9. The van der Waals surface area contributed by atoms with Gasteiger partial charge in [-0.1, -0.05) is 56.3 Å². The lowest BCUT2D eigenvalue weighted by Crippen LogP contribution is -2.40. The normalized spacial score (nSPS) is 21.2. The molecule has 146 valence electrons. The van der Waals surface area contributed by atoms with Gasteiger partial charge in [0, 0.05) is 25.1 Å². The van der Waals surface area contributed by atoms with Gasteiger partial charge >= 0.3 is 0 Å². The molecular formula is C21H29N3O3. The van der Waals surface area contributed by atoms with E-state index in [4.69, 9.17) is 9.26 Å². The smallest absolute Gasteiger partial charge is 0.247 e. The van der Waals surface area contributed by atoms with Crippen LogP contribution in [0.25, 0.3) is 0 Å². The number of hydrogen-bond donors (Lipinski definition) is 2. The zero-order chi connectivity index (χ0) is 19.4. The van der Waals surface area contributed by atoms with Crippen LogP contribution < -0.4 is 10.6 Å². The number of nitrogens with zero attached hydrogens (tertiary/aromatic N) is 1. The Morgan fingerprint density at radius 3 is 2.67 bits per heavy atom. The van der Waals surface area contributed by atoms with Crippen LogP contribution in [-0.4, -0.2) is 30.3 Å². The van der Waals surface area contributed by atoms with E-state index in [9.17, 15) is 4.79 Å². The Balaban J connectivity index is 1.72. The Hall–Kier alpha value is -2.18. The molecule has 6 heteroatoms. The highest BCUT2D eigenvalue weighted by Gasteiger charge is 2.37. The summed E-state index contributed by atoms with van der Waals surface area (Å²) in [6.45, 7) is 9.88. The molecule has 2 aromatic rings. The van der Waals surface area contributed by atoms with Crippen molar-refractivity contribution < 1.29 is 14.1 Å². The second-order valence-electron chi connectivity index (χ2n) is 8.27. The summed E-state index contributed by atoms with van der Waals surface area (Å²) in [6, 6.07) is 11.0. The number of amides is 1. The van der Waals surface area contributed by atoms with Gasteiger partial charge in [-0.2, -0.15) is 0 Å². The second-order valence-corrected chi connectivity index (χ2v) is 8.27. The molecule has 0 spiro atoms. The monoisotopic (exact) mass is 371 g/mol. The minimum atomic E-state index is -0.468. The molecule has 6 nitrogen and oxygen atoms in total. The van der Waals surface area contributed by atoms with E-state index >= 15 is 0 Å². The van der Waals surface area contributed by atoms with Crippen molar-refractivity contribution in [3.63, 3.8) is 0 Å². The van der Waals surface area contributed by atoms with E-state index in [1.54, 1.807) is 13.0 Å². The molecule has 1 aliphatic rings. The van der Waals surface area contributed by atoms with Gasteiger partial charge in [-0.05, 0) is 24.3 Å². The van der Waals surface area contributed by atoms with Crippen molar-refractivity contribution in [3.8, 4) is 0 Å². The molecule has 3 rings (SSSR count). The standard InChI is InChI=1S/C21H29N3O3/c1-14-12-17(24-27-14)23-20(25)18(15-8-6-5-7-9-15)22-13-16-10-11-26-19(16)21(2,3)4/h5-9,12,16,18-19,22H,10-11,13H2,1-4H3,(H,23,24,25)/t16-,18+,19+/m1/s1. The Kier molecular flexibility index (Phi) is 5.97. The molecule has 2 heterocycles. The highest BCUT2D eigenvalue weighted by molar-refractivity contribution is 5.94. The van der Waals surface area contributed by atoms with Crippen LogP contribution in [0.2, 0.25) is 0 Å². The fraction of sp³-hybridized carbons (Fsp3) is 0.524. The van der Waals surface area contributed by atoms with E-state index in [0.717, 1.165) is 18.6 Å². The van der Waals surface area contributed by atoms with Crippen LogP contribution in [0.5, 0.6) is 0 Å². The predicted octanol–water partition coefficient (Wildman–Crippen LogP) is 3.70. The van der Waals surface area contributed by atoms with Crippen molar-refractivity contribution in [1.82, 2.24) is 10.5 Å². The fourth-order valence-corrected chi connectivity index (χ4v) is 3.70. The van der Waals surface area contributed by atoms with Crippen LogP contribution in [0.15, 0.2) is 40.9 Å². The first kappa shape index (κ1) is 19.6. The number of carbonyl (C=O) groups excluding carboxylic acids is 1. The largest absolute Gasteiger partial charge is 0.377 e. The molecular weight excluding hydrogens is 342 g/mol. The number of aromatic nitrogens is 1. The molecule has 3 atom stereocenters. The average molecular weight is 371 g/mol. The molecule has 1 aromatic heterocycles. The first-order chi connectivity index (χ1) is 12.8. The maximum atomic E-state index is 12.9. The van der Waals surface area contributed by atoms with E-state index in [2.05, 4.69) is 36.6 Å². The number of hydrogen-bond acceptors (Lipinski definition) is 5. The van der Waals surface area contributed by atoms with Crippen molar-refractivity contribution >= 4 is 11.7 Å². The number of ether oxygens (including phenoxy) is 1. The van der Waals surface area contributed by atoms with E-state index in [1.807, 2.05) is 30.3 Å². The van der Waals surface area contributed by atoms with Crippen LogP contribution >= 0.6 is 0 Å². The molecule has 2 N–H and O–H groups in total. The van der Waals surface area contributed by atoms with Crippen molar-refractivity contribution in [2.75, 3.05) is 18.5 Å². The van der Waals surface area contributed by atoms with E-state index in [-0.39, 0.29) is 17.4 Å². The summed E-state index contributed by atoms with van der Waals surface area (Å²) in [5.41, 5.74) is 0.993. The van der Waals surface area contributed by atoms with Crippen LogP contribution in [0.1, 0.15) is 44.6 Å². The number of rotatable bonds is 6. The third-order valence-corrected chi connectivity index (χ3v) is 4.93. The number of nitrogens with one attached hydrogen (secondary N) is 2. The van der Waals surface area contributed by atoms with Crippen LogP contribution in [-0.2, 0) is 9.53 Å². The number of aryl methyl sites for hydroxylation is 1. The van der Waals surface area contributed by atoms with Crippen LogP contribution in [0, 0.1) is 18.3 Å². The van der Waals surface area contributed by atoms with Gasteiger partial charge in [0.2, 0.25) is 5.91 Å². The number of carbonyl (C=O) groups is 1. The number of benzene rings is 1. The van der Waals surface area contributed by atoms with E-state index < -0.39 is 6.04 Å². The first-order valence-corrected chi connectivity index (χ1v) is 9.48. The summed E-state index contributed by atoms with van der Waals surface area (Å²) < 4.78 is 11.0. The molecule has 0 bridgehead atoms. The fourth-order valence-electron chi connectivity index (χ4n) is 3.70. The van der Waals surface area contributed by atoms with Gasteiger partial charge in [-0.15, -0.1) is 0 Å². The summed E-state index contributed by atoms with van der Waals surface area (Å²) >= 11 is 0. The van der Waals surface area contributed by atoms with Gasteiger partial charge in [0.25, 0.3) is 0 Å². The highest BCUT2D eigenvalue weighted by atomic mass is 16.5. The van der Waals surface area contributed by atoms with Crippen molar-refractivity contribution in [1.29, 1.82) is 0 Å². The zero-order valence-electron chi connectivity index (χ0n) is 16.5. The lowest BCUT2D eigenvalue weighted by molar-refractivity contribution is -0.118. The average Bonchev–Trinajstić information content (AvgIpc) is 3.25. The van der Waals surface area contributed by atoms with Gasteiger partial charge in [-0.25, -0.2) is 0 Å². The summed E-state index contributed by atoms with van der Waals surface area (Å²) in [7, 11) is 0. The Morgan fingerprint density at radius 2 is 2.04 bits per heavy atom. The van der Waals surface area contributed by atoms with E-state index in [1.165, 1.54) is 0 Å². The van der Waals surface area contributed by atoms with Gasteiger partial charge in [0.05, 0.1) is 6.10 Å². The van der Waals surface area contributed by atoms with E-state index in [0.29, 0.717) is 24.0 Å². The molecule has 1 aromatic carbocycles. The summed E-state index contributed by atoms with van der Waals surface area (Å²) in [4.78, 5) is 12.9. The Bertz CT molecular complexity index is 752. The Morgan fingerprint density at radius 1 is 1.30 bits per heavy atom. The summed E-state index contributed by atoms with van der Waals surface area (Å²) in [6.07, 6.45) is 1.18. The molecule has 27 heavy (non-hydrogen) atoms. The Labute approximate surface area is 160 Å². The van der Waals surface area contributed by atoms with Crippen LogP contribution in [0.3, 0.4) is 0 Å². The summed E-state index contributed by atoms with van der Waals surface area (Å²) in [5, 5.41) is 10.2. The third kappa shape index (κ3) is 4.96. The van der Waals surface area contributed by atoms with Gasteiger partial charge < -0.3 is 19.9 Å². The van der Waals surface area contributed by atoms with Crippen LogP contribution in [0.4, 0.5) is 5.82 Å². The van der Waals surface area contributed by atoms with Gasteiger partial charge in [0.15, 0.2) is 5.82 Å². The third-order valence-electron chi connectivity index (χ3n) is 4.93. The molecule has 1 aliphatic heterocycles. The van der Waals surface area contributed by atoms with Crippen molar-refractivity contribution in [2.45, 2.75) is 46.3 Å². The molecule has 0 unspecified atom stereocenters. The minimum Gasteiger partial charge on any atom is -0.377 e. The zero-order valence-corrected chi connectivity index (χ0v) is 16.5. The quantitative estimate of drug-likeness (QED) is 0.810.